The summed E-state index contributed by atoms with van der Waals surface area (Å²) in [5, 5.41) is 0. The molecule has 118 valence electrons. The lowest BCUT2D eigenvalue weighted by Gasteiger charge is -2.23. The third kappa shape index (κ3) is 4.29. The van der Waals surface area contributed by atoms with E-state index < -0.39 is 0 Å². The van der Waals surface area contributed by atoms with Crippen LogP contribution < -0.4 is 5.73 Å². The Balaban J connectivity index is 2.02. The molecule has 21 heavy (non-hydrogen) atoms. The third-order valence-electron chi connectivity index (χ3n) is 4.40. The lowest BCUT2D eigenvalue weighted by atomic mass is 10.0. The van der Waals surface area contributed by atoms with Gasteiger partial charge in [0, 0.05) is 25.7 Å². The quantitative estimate of drug-likeness (QED) is 0.746. The summed E-state index contributed by atoms with van der Waals surface area (Å²) < 4.78 is 0. The number of unbranched alkanes of at least 4 members (excludes halogenated alkanes) is 3. The fourth-order valence-corrected chi connectivity index (χ4v) is 3.34. The van der Waals surface area contributed by atoms with Crippen LogP contribution in [0, 0.1) is 0 Å². The van der Waals surface area contributed by atoms with Crippen LogP contribution in [-0.4, -0.2) is 37.0 Å². The topological polar surface area (TPSA) is 32.5 Å². The van der Waals surface area contributed by atoms with Crippen LogP contribution in [0.15, 0.2) is 18.2 Å². The highest BCUT2D eigenvalue weighted by Gasteiger charge is 2.28. The minimum Gasteiger partial charge on any atom is -0.329 e. The van der Waals surface area contributed by atoms with Gasteiger partial charge < -0.3 is 10.6 Å². The molecule has 1 aromatic rings. The first-order valence-electron chi connectivity index (χ1n) is 8.36. The summed E-state index contributed by atoms with van der Waals surface area (Å²) in [6, 6.07) is 7.37. The van der Waals surface area contributed by atoms with Gasteiger partial charge in [0.1, 0.15) is 0 Å². The molecule has 1 heterocycles. The van der Waals surface area contributed by atoms with Crippen molar-refractivity contribution in [2.24, 2.45) is 5.73 Å². The van der Waals surface area contributed by atoms with Gasteiger partial charge in [0.15, 0.2) is 0 Å². The Kier molecular flexibility index (Phi) is 6.22. The fourth-order valence-electron chi connectivity index (χ4n) is 3.34. The third-order valence-corrected chi connectivity index (χ3v) is 4.40. The van der Waals surface area contributed by atoms with Gasteiger partial charge in [-0.05, 0) is 43.8 Å². The number of nitrogens with zero attached hydrogens (tertiary/aromatic N) is 2. The summed E-state index contributed by atoms with van der Waals surface area (Å²) in [5.41, 5.74) is 10.4. The first-order chi connectivity index (χ1) is 10.2. The largest absolute Gasteiger partial charge is 0.329 e. The zero-order valence-corrected chi connectivity index (χ0v) is 13.9. The number of benzene rings is 1. The minimum atomic E-state index is 0.420. The Morgan fingerprint density at radius 2 is 2.05 bits per heavy atom. The van der Waals surface area contributed by atoms with Crippen molar-refractivity contribution in [3.05, 3.63) is 34.9 Å². The van der Waals surface area contributed by atoms with Crippen molar-refractivity contribution in [3.63, 3.8) is 0 Å². The monoisotopic (exact) mass is 289 g/mol. The standard InChI is InChI=1S/C18H31N3/c1-4-5-6-7-10-21-14-16-9-8-15(13-20(2)3)11-17(16)18(21)12-19/h8-9,11,18H,4-7,10,12-14,19H2,1-3H3. The van der Waals surface area contributed by atoms with E-state index in [2.05, 4.69) is 49.0 Å². The van der Waals surface area contributed by atoms with Gasteiger partial charge in [0.05, 0.1) is 0 Å². The van der Waals surface area contributed by atoms with Crippen LogP contribution in [-0.2, 0) is 13.1 Å². The molecule has 1 atom stereocenters. The Bertz CT molecular complexity index is 442. The maximum absolute atomic E-state index is 6.07. The van der Waals surface area contributed by atoms with Crippen LogP contribution in [0.5, 0.6) is 0 Å². The lowest BCUT2D eigenvalue weighted by Crippen LogP contribution is -2.28. The number of hydrogen-bond donors (Lipinski definition) is 1. The van der Waals surface area contributed by atoms with Gasteiger partial charge in [-0.25, -0.2) is 0 Å². The molecule has 0 amide bonds. The highest BCUT2D eigenvalue weighted by Crippen LogP contribution is 2.34. The second-order valence-corrected chi connectivity index (χ2v) is 6.55. The molecule has 0 radical (unpaired) electrons. The smallest absolute Gasteiger partial charge is 0.0477 e. The molecule has 1 aliphatic heterocycles. The van der Waals surface area contributed by atoms with Gasteiger partial charge in [-0.2, -0.15) is 0 Å². The fraction of sp³-hybridized carbons (Fsp3) is 0.667. The van der Waals surface area contributed by atoms with Crippen molar-refractivity contribution >= 4 is 0 Å². The Labute approximate surface area is 130 Å². The van der Waals surface area contributed by atoms with E-state index in [1.807, 2.05) is 0 Å². The van der Waals surface area contributed by atoms with E-state index in [0.717, 1.165) is 19.6 Å². The summed E-state index contributed by atoms with van der Waals surface area (Å²) in [6.45, 7) is 6.25. The van der Waals surface area contributed by atoms with Crippen molar-refractivity contribution in [2.45, 2.75) is 51.7 Å². The van der Waals surface area contributed by atoms with E-state index in [-0.39, 0.29) is 0 Å². The van der Waals surface area contributed by atoms with E-state index in [1.165, 1.54) is 48.9 Å². The van der Waals surface area contributed by atoms with Crippen molar-refractivity contribution in [3.8, 4) is 0 Å². The molecule has 1 aliphatic rings. The predicted octanol–water partition coefficient (Wildman–Crippen LogP) is 3.14. The highest BCUT2D eigenvalue weighted by molar-refractivity contribution is 5.38. The van der Waals surface area contributed by atoms with E-state index in [0.29, 0.717) is 6.04 Å². The predicted molar refractivity (Wildman–Crippen MR) is 90.2 cm³/mol. The molecule has 0 fully saturated rings. The maximum atomic E-state index is 6.07. The zero-order valence-electron chi connectivity index (χ0n) is 13.9. The first-order valence-corrected chi connectivity index (χ1v) is 8.36. The molecule has 0 spiro atoms. The lowest BCUT2D eigenvalue weighted by molar-refractivity contribution is 0.215. The number of fused-ring (bicyclic) bond motifs is 1. The van der Waals surface area contributed by atoms with Crippen LogP contribution >= 0.6 is 0 Å². The number of hydrogen-bond acceptors (Lipinski definition) is 3. The molecular formula is C18H31N3. The SMILES string of the molecule is CCCCCCN1Cc2ccc(CN(C)C)cc2C1CN. The van der Waals surface area contributed by atoms with E-state index in [9.17, 15) is 0 Å². The number of rotatable bonds is 8. The van der Waals surface area contributed by atoms with Crippen LogP contribution in [0.1, 0.15) is 55.3 Å². The molecule has 2 rings (SSSR count). The normalized spacial score (nSPS) is 18.4. The summed E-state index contributed by atoms with van der Waals surface area (Å²) in [7, 11) is 4.24. The molecule has 0 aromatic heterocycles. The highest BCUT2D eigenvalue weighted by atomic mass is 15.2. The van der Waals surface area contributed by atoms with Crippen LogP contribution in [0.25, 0.3) is 0 Å². The average Bonchev–Trinajstić information content (AvgIpc) is 2.79. The van der Waals surface area contributed by atoms with E-state index >= 15 is 0 Å². The Morgan fingerprint density at radius 3 is 2.71 bits per heavy atom. The molecule has 0 saturated carbocycles. The van der Waals surface area contributed by atoms with Gasteiger partial charge >= 0.3 is 0 Å². The van der Waals surface area contributed by atoms with E-state index in [4.69, 9.17) is 5.73 Å². The van der Waals surface area contributed by atoms with Gasteiger partial charge in [0.2, 0.25) is 0 Å². The van der Waals surface area contributed by atoms with Crippen LogP contribution in [0.3, 0.4) is 0 Å². The van der Waals surface area contributed by atoms with Crippen LogP contribution in [0.4, 0.5) is 0 Å². The Hall–Kier alpha value is -0.900. The molecule has 0 saturated heterocycles. The van der Waals surface area contributed by atoms with Gasteiger partial charge in [-0.1, -0.05) is 44.4 Å². The molecule has 1 aromatic carbocycles. The summed E-state index contributed by atoms with van der Waals surface area (Å²) in [4.78, 5) is 4.79. The van der Waals surface area contributed by atoms with Gasteiger partial charge in [0.25, 0.3) is 0 Å². The maximum Gasteiger partial charge on any atom is 0.0477 e. The summed E-state index contributed by atoms with van der Waals surface area (Å²) in [6.07, 6.45) is 5.28. The molecule has 0 bridgehead atoms. The zero-order chi connectivity index (χ0) is 15.2. The van der Waals surface area contributed by atoms with Crippen molar-refractivity contribution in [2.75, 3.05) is 27.2 Å². The number of nitrogens with two attached hydrogens (primary N) is 1. The summed E-state index contributed by atoms with van der Waals surface area (Å²) >= 11 is 0. The molecule has 3 nitrogen and oxygen atoms in total. The molecule has 3 heteroatoms. The minimum absolute atomic E-state index is 0.420. The van der Waals surface area contributed by atoms with Crippen molar-refractivity contribution in [1.82, 2.24) is 9.80 Å². The second kappa shape index (κ2) is 7.92. The van der Waals surface area contributed by atoms with Crippen molar-refractivity contribution < 1.29 is 0 Å². The summed E-state index contributed by atoms with van der Waals surface area (Å²) in [5.74, 6) is 0. The molecular weight excluding hydrogens is 258 g/mol. The van der Waals surface area contributed by atoms with E-state index in [1.54, 1.807) is 0 Å². The molecule has 2 N–H and O–H groups in total. The van der Waals surface area contributed by atoms with Gasteiger partial charge in [-0.3, -0.25) is 4.90 Å². The van der Waals surface area contributed by atoms with Crippen LogP contribution in [0.2, 0.25) is 0 Å². The van der Waals surface area contributed by atoms with Gasteiger partial charge in [-0.15, -0.1) is 0 Å². The first kappa shape index (κ1) is 16.5. The molecule has 0 aliphatic carbocycles. The molecule has 1 unspecified atom stereocenters. The second-order valence-electron chi connectivity index (χ2n) is 6.55. The Morgan fingerprint density at radius 1 is 1.24 bits per heavy atom. The van der Waals surface area contributed by atoms with Crippen molar-refractivity contribution in [1.29, 1.82) is 0 Å². The average molecular weight is 289 g/mol.